The van der Waals surface area contributed by atoms with Gasteiger partial charge < -0.3 is 9.84 Å². The molecule has 2 unspecified atom stereocenters. The molecule has 26 heavy (non-hydrogen) atoms. The summed E-state index contributed by atoms with van der Waals surface area (Å²) in [4.78, 5) is 0. The summed E-state index contributed by atoms with van der Waals surface area (Å²) in [6.07, 6.45) is 6.46. The normalized spacial score (nSPS) is 23.4. The van der Waals surface area contributed by atoms with Gasteiger partial charge in [-0.15, -0.1) is 0 Å². The lowest BCUT2D eigenvalue weighted by Gasteiger charge is -2.46. The number of allylic oxidation sites excluding steroid dienone is 2. The van der Waals surface area contributed by atoms with Gasteiger partial charge in [-0.2, -0.15) is 0 Å². The van der Waals surface area contributed by atoms with E-state index in [2.05, 4.69) is 57.2 Å². The summed E-state index contributed by atoms with van der Waals surface area (Å²) >= 11 is 0. The predicted octanol–water partition coefficient (Wildman–Crippen LogP) is 5.79. The number of hydrogen-bond acceptors (Lipinski definition) is 2. The molecule has 1 aliphatic carbocycles. The standard InChI is InChI=1S/C24H28O2/c1-16-9-12-20-19(13-16)23-21(25)14-18(15-22(23)26-24(20,2)3)11-10-17-7-5-4-6-8-17/h4-8,13-15,19-20,25H,9-12H2,1-3H3/i2+1,3+1. The van der Waals surface area contributed by atoms with Crippen LogP contribution in [0.2, 0.25) is 0 Å². The summed E-state index contributed by atoms with van der Waals surface area (Å²) in [6.45, 7) is 6.58. The molecule has 4 rings (SSSR count). The second-order valence-electron chi connectivity index (χ2n) is 8.40. The van der Waals surface area contributed by atoms with Crippen molar-refractivity contribution >= 4 is 0 Å². The van der Waals surface area contributed by atoms with Crippen LogP contribution in [0.5, 0.6) is 11.5 Å². The van der Waals surface area contributed by atoms with Crippen LogP contribution in [0.3, 0.4) is 0 Å². The Labute approximate surface area is 156 Å². The van der Waals surface area contributed by atoms with Gasteiger partial charge in [0.05, 0.1) is 0 Å². The van der Waals surface area contributed by atoms with E-state index in [4.69, 9.17) is 4.74 Å². The number of phenols is 1. The minimum Gasteiger partial charge on any atom is -0.507 e. The smallest absolute Gasteiger partial charge is 0.127 e. The molecule has 0 fully saturated rings. The van der Waals surface area contributed by atoms with Gasteiger partial charge in [0.25, 0.3) is 0 Å². The second kappa shape index (κ2) is 6.50. The summed E-state index contributed by atoms with van der Waals surface area (Å²) < 4.78 is 6.41. The predicted molar refractivity (Wildman–Crippen MR) is 106 cm³/mol. The Morgan fingerprint density at radius 3 is 2.58 bits per heavy atom. The van der Waals surface area contributed by atoms with Gasteiger partial charge in [-0.05, 0) is 69.7 Å². The van der Waals surface area contributed by atoms with Crippen LogP contribution in [0.4, 0.5) is 0 Å². The highest BCUT2D eigenvalue weighted by atomic mass is 16.5. The van der Waals surface area contributed by atoms with Crippen molar-refractivity contribution in [2.45, 2.75) is 58.0 Å². The lowest BCUT2D eigenvalue weighted by molar-refractivity contribution is 0.0107. The van der Waals surface area contributed by atoms with E-state index in [0.29, 0.717) is 11.7 Å². The zero-order valence-electron chi connectivity index (χ0n) is 16.0. The zero-order chi connectivity index (χ0) is 18.3. The molecule has 2 nitrogen and oxygen atoms in total. The highest BCUT2D eigenvalue weighted by Gasteiger charge is 2.45. The van der Waals surface area contributed by atoms with E-state index in [1.165, 1.54) is 11.1 Å². The van der Waals surface area contributed by atoms with E-state index in [1.807, 2.05) is 12.1 Å². The van der Waals surface area contributed by atoms with E-state index in [-0.39, 0.29) is 11.5 Å². The van der Waals surface area contributed by atoms with Gasteiger partial charge in [0.1, 0.15) is 17.1 Å². The van der Waals surface area contributed by atoms with Gasteiger partial charge in [-0.25, -0.2) is 0 Å². The Morgan fingerprint density at radius 2 is 1.81 bits per heavy atom. The molecule has 0 radical (unpaired) electrons. The first-order valence-electron chi connectivity index (χ1n) is 9.70. The highest BCUT2D eigenvalue weighted by molar-refractivity contribution is 5.54. The lowest BCUT2D eigenvalue weighted by Crippen LogP contribution is -2.45. The van der Waals surface area contributed by atoms with Crippen molar-refractivity contribution in [3.05, 3.63) is 70.8 Å². The topological polar surface area (TPSA) is 29.5 Å². The van der Waals surface area contributed by atoms with Gasteiger partial charge >= 0.3 is 0 Å². The first kappa shape index (κ1) is 17.2. The van der Waals surface area contributed by atoms with Crippen molar-refractivity contribution in [2.24, 2.45) is 5.92 Å². The molecule has 0 aromatic heterocycles. The molecule has 0 saturated carbocycles. The van der Waals surface area contributed by atoms with E-state index in [9.17, 15) is 5.11 Å². The Morgan fingerprint density at radius 1 is 1.08 bits per heavy atom. The largest absolute Gasteiger partial charge is 0.507 e. The molecule has 0 spiro atoms. The van der Waals surface area contributed by atoms with Crippen molar-refractivity contribution in [3.8, 4) is 11.5 Å². The van der Waals surface area contributed by atoms with E-state index >= 15 is 0 Å². The van der Waals surface area contributed by atoms with Crippen molar-refractivity contribution < 1.29 is 9.84 Å². The second-order valence-corrected chi connectivity index (χ2v) is 8.40. The summed E-state index contributed by atoms with van der Waals surface area (Å²) in [5, 5.41) is 10.8. The third-order valence-electron chi connectivity index (χ3n) is 6.07. The Bertz CT molecular complexity index is 833. The number of benzene rings is 2. The molecule has 2 aromatic rings. The fraction of sp³-hybridized carbons (Fsp3) is 0.417. The monoisotopic (exact) mass is 350 g/mol. The molecule has 1 N–H and O–H groups in total. The minimum atomic E-state index is -0.209. The Balaban J connectivity index is 1.67. The molecule has 1 heterocycles. The number of rotatable bonds is 3. The Hall–Kier alpha value is -2.22. The quantitative estimate of drug-likeness (QED) is 0.561. The first-order valence-corrected chi connectivity index (χ1v) is 9.70. The summed E-state index contributed by atoms with van der Waals surface area (Å²) in [7, 11) is 0. The number of phenolic OH excluding ortho intramolecular Hbond substituents is 1. The van der Waals surface area contributed by atoms with Gasteiger partial charge in [0.2, 0.25) is 0 Å². The summed E-state index contributed by atoms with van der Waals surface area (Å²) in [5.74, 6) is 1.93. The SMILES string of the molecule is CC1=CC2c3c(O)cc(CCc4ccccc4)cc3OC([13CH3])([13CH3])C2CC1. The van der Waals surface area contributed by atoms with Crippen LogP contribution >= 0.6 is 0 Å². The average Bonchev–Trinajstić information content (AvgIpc) is 2.59. The molecule has 2 atom stereocenters. The molecular formula is C24H28O2. The molecule has 0 saturated heterocycles. The molecule has 136 valence electrons. The molecule has 2 aliphatic rings. The van der Waals surface area contributed by atoms with Gasteiger partial charge in [-0.1, -0.05) is 42.0 Å². The van der Waals surface area contributed by atoms with Gasteiger partial charge in [0.15, 0.2) is 0 Å². The third-order valence-corrected chi connectivity index (χ3v) is 6.07. The van der Waals surface area contributed by atoms with E-state index in [1.54, 1.807) is 0 Å². The molecular weight excluding hydrogens is 322 g/mol. The fourth-order valence-corrected chi connectivity index (χ4v) is 4.66. The molecule has 2 heteroatoms. The summed E-state index contributed by atoms with van der Waals surface area (Å²) in [6, 6.07) is 14.6. The van der Waals surface area contributed by atoms with Crippen molar-refractivity contribution in [1.29, 1.82) is 0 Å². The maximum atomic E-state index is 10.8. The number of hydrogen-bond donors (Lipinski definition) is 1. The maximum Gasteiger partial charge on any atom is 0.127 e. The van der Waals surface area contributed by atoms with Crippen LogP contribution < -0.4 is 4.74 Å². The minimum absolute atomic E-state index is 0.209. The lowest BCUT2D eigenvalue weighted by atomic mass is 9.71. The zero-order valence-corrected chi connectivity index (χ0v) is 16.0. The number of fused-ring (bicyclic) bond motifs is 3. The van der Waals surface area contributed by atoms with E-state index < -0.39 is 0 Å². The van der Waals surface area contributed by atoms with Crippen LogP contribution in [0, 0.1) is 5.92 Å². The third kappa shape index (κ3) is 3.13. The fourth-order valence-electron chi connectivity index (χ4n) is 4.66. The van der Waals surface area contributed by atoms with Crippen molar-refractivity contribution in [2.75, 3.05) is 0 Å². The Kier molecular flexibility index (Phi) is 4.30. The van der Waals surface area contributed by atoms with Crippen LogP contribution in [-0.4, -0.2) is 10.7 Å². The van der Waals surface area contributed by atoms with Crippen molar-refractivity contribution in [3.63, 3.8) is 0 Å². The molecule has 1 aliphatic heterocycles. The number of aromatic hydroxyl groups is 1. The average molecular weight is 350 g/mol. The number of aryl methyl sites for hydroxylation is 2. The van der Waals surface area contributed by atoms with Gasteiger partial charge in [-0.3, -0.25) is 0 Å². The number of ether oxygens (including phenoxy) is 1. The summed E-state index contributed by atoms with van der Waals surface area (Å²) in [5.41, 5.74) is 4.64. The first-order chi connectivity index (χ1) is 12.4. The molecule has 0 bridgehead atoms. The van der Waals surface area contributed by atoms with Crippen LogP contribution in [0.25, 0.3) is 0 Å². The van der Waals surface area contributed by atoms with Crippen LogP contribution in [0.1, 0.15) is 56.2 Å². The molecule has 2 aromatic carbocycles. The van der Waals surface area contributed by atoms with Crippen LogP contribution in [0.15, 0.2) is 54.1 Å². The van der Waals surface area contributed by atoms with Crippen molar-refractivity contribution in [1.82, 2.24) is 0 Å². The van der Waals surface area contributed by atoms with Gasteiger partial charge in [0, 0.05) is 17.4 Å². The molecule has 0 amide bonds. The van der Waals surface area contributed by atoms with E-state index in [0.717, 1.165) is 42.6 Å². The highest BCUT2D eigenvalue weighted by Crippen LogP contribution is 2.53. The maximum absolute atomic E-state index is 10.8. The van der Waals surface area contributed by atoms with Crippen LogP contribution in [-0.2, 0) is 12.8 Å².